The van der Waals surface area contributed by atoms with Gasteiger partial charge < -0.3 is 5.11 Å². The fraction of sp³-hybridized carbons (Fsp3) is 0. The van der Waals surface area contributed by atoms with Crippen LogP contribution in [0, 0.1) is 0 Å². The Labute approximate surface area is 79.5 Å². The van der Waals surface area contributed by atoms with Crippen LogP contribution in [0.25, 0.3) is 16.6 Å². The number of phenols is 1. The van der Waals surface area contributed by atoms with Crippen molar-refractivity contribution >= 4 is 16.6 Å². The number of nitrogens with zero attached hydrogens (tertiary/aromatic N) is 3. The monoisotopic (exact) mass is 185 g/mol. The number of imidazole rings is 1. The van der Waals surface area contributed by atoms with Gasteiger partial charge in [-0.1, -0.05) is 0 Å². The van der Waals surface area contributed by atoms with Gasteiger partial charge in [0.15, 0.2) is 5.65 Å². The average molecular weight is 185 g/mol. The number of fused-ring (bicyclic) bond motifs is 3. The number of hydrogen-bond acceptors (Lipinski definition) is 3. The number of hydrogen-bond donors (Lipinski definition) is 1. The number of rotatable bonds is 0. The highest BCUT2D eigenvalue weighted by atomic mass is 16.3. The van der Waals surface area contributed by atoms with Crippen molar-refractivity contribution in [2.75, 3.05) is 0 Å². The number of aromatic nitrogens is 3. The van der Waals surface area contributed by atoms with Crippen LogP contribution in [0.4, 0.5) is 0 Å². The highest BCUT2D eigenvalue weighted by Gasteiger charge is 2.01. The Balaban J connectivity index is 2.57. The summed E-state index contributed by atoms with van der Waals surface area (Å²) in [6, 6.07) is 5.19. The molecule has 2 heterocycles. The third kappa shape index (κ3) is 0.877. The van der Waals surface area contributed by atoms with Crippen LogP contribution in [0.3, 0.4) is 0 Å². The number of benzene rings is 1. The Morgan fingerprint density at radius 1 is 1.21 bits per heavy atom. The summed E-state index contributed by atoms with van der Waals surface area (Å²) in [5.41, 5.74) is 1.80. The first-order valence-electron chi connectivity index (χ1n) is 4.24. The molecular weight excluding hydrogens is 178 g/mol. The van der Waals surface area contributed by atoms with Gasteiger partial charge in [-0.15, -0.1) is 0 Å². The lowest BCUT2D eigenvalue weighted by atomic mass is 10.2. The van der Waals surface area contributed by atoms with E-state index in [1.165, 1.54) is 0 Å². The molecule has 0 aliphatic rings. The topological polar surface area (TPSA) is 50.4 Å². The zero-order chi connectivity index (χ0) is 9.54. The molecule has 0 bridgehead atoms. The van der Waals surface area contributed by atoms with Crippen molar-refractivity contribution in [1.82, 2.24) is 14.4 Å². The van der Waals surface area contributed by atoms with Gasteiger partial charge >= 0.3 is 0 Å². The van der Waals surface area contributed by atoms with Gasteiger partial charge in [-0.2, -0.15) is 0 Å². The molecule has 1 N–H and O–H groups in total. The van der Waals surface area contributed by atoms with Crippen molar-refractivity contribution in [2.24, 2.45) is 0 Å². The van der Waals surface area contributed by atoms with E-state index in [0.717, 1.165) is 16.6 Å². The van der Waals surface area contributed by atoms with E-state index in [4.69, 9.17) is 0 Å². The Morgan fingerprint density at radius 2 is 2.14 bits per heavy atom. The summed E-state index contributed by atoms with van der Waals surface area (Å²) in [6.07, 6.45) is 5.14. The molecule has 3 aromatic rings. The molecular formula is C10H7N3O. The Morgan fingerprint density at radius 3 is 3.07 bits per heavy atom. The summed E-state index contributed by atoms with van der Waals surface area (Å²) in [5, 5.41) is 10.2. The molecule has 0 aliphatic heterocycles. The average Bonchev–Trinajstić information content (AvgIpc) is 2.65. The molecule has 0 atom stereocenters. The second-order valence-electron chi connectivity index (χ2n) is 3.12. The standard InChI is InChI=1S/C10H7N3O/c14-8-1-2-9-7(3-8)4-12-10-5-11-6-13(9)10/h1-6,14H. The van der Waals surface area contributed by atoms with Gasteiger partial charge in [0, 0.05) is 11.6 Å². The minimum absolute atomic E-state index is 0.249. The first-order valence-corrected chi connectivity index (χ1v) is 4.24. The molecule has 1 aromatic carbocycles. The first-order chi connectivity index (χ1) is 6.84. The lowest BCUT2D eigenvalue weighted by molar-refractivity contribution is 0.476. The SMILES string of the molecule is Oc1ccc2c(cnc3cncn32)c1. The van der Waals surface area contributed by atoms with Crippen LogP contribution in [0.15, 0.2) is 36.9 Å². The molecule has 0 unspecified atom stereocenters. The third-order valence-corrected chi connectivity index (χ3v) is 2.23. The normalized spacial score (nSPS) is 11.1. The van der Waals surface area contributed by atoms with E-state index >= 15 is 0 Å². The lowest BCUT2D eigenvalue weighted by Gasteiger charge is -2.01. The van der Waals surface area contributed by atoms with Gasteiger partial charge in [-0.3, -0.25) is 4.40 Å². The molecule has 0 aliphatic carbocycles. The zero-order valence-electron chi connectivity index (χ0n) is 7.25. The maximum Gasteiger partial charge on any atom is 0.156 e. The van der Waals surface area contributed by atoms with E-state index < -0.39 is 0 Å². The van der Waals surface area contributed by atoms with Crippen molar-refractivity contribution < 1.29 is 5.11 Å². The summed E-state index contributed by atoms with van der Waals surface area (Å²) >= 11 is 0. The molecule has 3 rings (SSSR count). The minimum atomic E-state index is 0.249. The van der Waals surface area contributed by atoms with Crippen LogP contribution in [-0.4, -0.2) is 19.5 Å². The maximum absolute atomic E-state index is 9.30. The van der Waals surface area contributed by atoms with Crippen molar-refractivity contribution in [3.8, 4) is 5.75 Å². The van der Waals surface area contributed by atoms with Gasteiger partial charge in [0.05, 0.1) is 11.7 Å². The van der Waals surface area contributed by atoms with Gasteiger partial charge in [0.1, 0.15) is 12.1 Å². The van der Waals surface area contributed by atoms with Gasteiger partial charge in [-0.05, 0) is 18.2 Å². The van der Waals surface area contributed by atoms with E-state index in [-0.39, 0.29) is 5.75 Å². The first kappa shape index (κ1) is 7.32. The predicted molar refractivity (Wildman–Crippen MR) is 52.2 cm³/mol. The van der Waals surface area contributed by atoms with E-state index in [0.29, 0.717) is 0 Å². The molecule has 0 radical (unpaired) electrons. The van der Waals surface area contributed by atoms with Crippen molar-refractivity contribution in [1.29, 1.82) is 0 Å². The van der Waals surface area contributed by atoms with Crippen LogP contribution in [-0.2, 0) is 0 Å². The largest absolute Gasteiger partial charge is 0.508 e. The number of aromatic hydroxyl groups is 1. The summed E-state index contributed by atoms with van der Waals surface area (Å²) < 4.78 is 1.88. The zero-order valence-corrected chi connectivity index (χ0v) is 7.25. The van der Waals surface area contributed by atoms with Crippen molar-refractivity contribution in [3.05, 3.63) is 36.9 Å². The third-order valence-electron chi connectivity index (χ3n) is 2.23. The van der Waals surface area contributed by atoms with Gasteiger partial charge in [0.25, 0.3) is 0 Å². The van der Waals surface area contributed by atoms with Gasteiger partial charge in [-0.25, -0.2) is 9.97 Å². The second-order valence-corrected chi connectivity index (χ2v) is 3.12. The summed E-state index contributed by atoms with van der Waals surface area (Å²) in [7, 11) is 0. The van der Waals surface area contributed by atoms with Crippen LogP contribution < -0.4 is 0 Å². The van der Waals surface area contributed by atoms with Crippen LogP contribution >= 0.6 is 0 Å². The molecule has 14 heavy (non-hydrogen) atoms. The Bertz CT molecular complexity index is 615. The van der Waals surface area contributed by atoms with Crippen LogP contribution in [0.1, 0.15) is 0 Å². The molecule has 4 heteroatoms. The Hall–Kier alpha value is -2.10. The molecule has 2 aromatic heterocycles. The summed E-state index contributed by atoms with van der Waals surface area (Å²) in [6.45, 7) is 0. The van der Waals surface area contributed by atoms with E-state index in [1.54, 1.807) is 30.9 Å². The summed E-state index contributed by atoms with van der Waals surface area (Å²) in [5.74, 6) is 0.249. The fourth-order valence-electron chi connectivity index (χ4n) is 1.57. The predicted octanol–water partition coefficient (Wildman–Crippen LogP) is 1.59. The van der Waals surface area contributed by atoms with Crippen molar-refractivity contribution in [3.63, 3.8) is 0 Å². The molecule has 4 nitrogen and oxygen atoms in total. The van der Waals surface area contributed by atoms with E-state index in [2.05, 4.69) is 9.97 Å². The Kier molecular flexibility index (Phi) is 1.28. The number of phenolic OH excluding ortho intramolecular Hbond substituents is 1. The summed E-state index contributed by atoms with van der Waals surface area (Å²) in [4.78, 5) is 8.21. The highest BCUT2D eigenvalue weighted by molar-refractivity contribution is 5.81. The van der Waals surface area contributed by atoms with Gasteiger partial charge in [0.2, 0.25) is 0 Å². The fourth-order valence-corrected chi connectivity index (χ4v) is 1.57. The molecule has 0 saturated carbocycles. The molecule has 0 amide bonds. The lowest BCUT2D eigenvalue weighted by Crippen LogP contribution is -1.88. The van der Waals surface area contributed by atoms with Crippen molar-refractivity contribution in [2.45, 2.75) is 0 Å². The molecule has 68 valence electrons. The second kappa shape index (κ2) is 2.45. The van der Waals surface area contributed by atoms with Crippen LogP contribution in [0.5, 0.6) is 5.75 Å². The van der Waals surface area contributed by atoms with E-state index in [1.807, 2.05) is 10.5 Å². The molecule has 0 fully saturated rings. The minimum Gasteiger partial charge on any atom is -0.508 e. The quantitative estimate of drug-likeness (QED) is 0.578. The smallest absolute Gasteiger partial charge is 0.156 e. The van der Waals surface area contributed by atoms with E-state index in [9.17, 15) is 5.11 Å². The maximum atomic E-state index is 9.30. The molecule has 0 saturated heterocycles. The van der Waals surface area contributed by atoms with Crippen LogP contribution in [0.2, 0.25) is 0 Å². The highest BCUT2D eigenvalue weighted by Crippen LogP contribution is 2.19. The molecule has 0 spiro atoms.